The van der Waals surface area contributed by atoms with Crippen molar-refractivity contribution in [3.05, 3.63) is 11.9 Å². The average molecular weight is 252 g/mol. The highest BCUT2D eigenvalue weighted by atomic mass is 16.5. The van der Waals surface area contributed by atoms with Crippen molar-refractivity contribution < 1.29 is 4.74 Å². The lowest BCUT2D eigenvalue weighted by molar-refractivity contribution is 0.210. The summed E-state index contributed by atoms with van der Waals surface area (Å²) in [7, 11) is 1.72. The van der Waals surface area contributed by atoms with Crippen molar-refractivity contribution in [2.24, 2.45) is 0 Å². The molecular weight excluding hydrogens is 228 g/mol. The van der Waals surface area contributed by atoms with Gasteiger partial charge in [-0.1, -0.05) is 0 Å². The molecule has 2 rings (SSSR count). The predicted octanol–water partition coefficient (Wildman–Crippen LogP) is 1.35. The van der Waals surface area contributed by atoms with Gasteiger partial charge in [0, 0.05) is 32.9 Å². The number of aryl methyl sites for hydroxylation is 1. The van der Waals surface area contributed by atoms with Crippen molar-refractivity contribution in [2.75, 3.05) is 45.2 Å². The van der Waals surface area contributed by atoms with E-state index in [0.29, 0.717) is 6.61 Å². The molecule has 1 saturated heterocycles. The Morgan fingerprint density at radius 2 is 2.11 bits per heavy atom. The van der Waals surface area contributed by atoms with Crippen molar-refractivity contribution >= 4 is 5.95 Å². The van der Waals surface area contributed by atoms with Crippen LogP contribution in [-0.2, 0) is 11.3 Å². The molecule has 0 radical (unpaired) electrons. The van der Waals surface area contributed by atoms with Crippen molar-refractivity contribution in [3.63, 3.8) is 0 Å². The Hall–Kier alpha value is -1.07. The third kappa shape index (κ3) is 3.71. The Morgan fingerprint density at radius 3 is 2.83 bits per heavy atom. The van der Waals surface area contributed by atoms with E-state index in [9.17, 15) is 0 Å². The minimum atomic E-state index is 0.706. The monoisotopic (exact) mass is 252 g/mol. The first kappa shape index (κ1) is 13.4. The molecule has 5 nitrogen and oxygen atoms in total. The molecule has 0 saturated carbocycles. The van der Waals surface area contributed by atoms with Crippen LogP contribution in [0.3, 0.4) is 0 Å². The van der Waals surface area contributed by atoms with Gasteiger partial charge in [0.1, 0.15) is 0 Å². The van der Waals surface area contributed by atoms with Crippen LogP contribution >= 0.6 is 0 Å². The number of hydrogen-bond donors (Lipinski definition) is 1. The maximum absolute atomic E-state index is 5.04. The first-order valence-electron chi connectivity index (χ1n) is 6.78. The topological polar surface area (TPSA) is 42.3 Å². The van der Waals surface area contributed by atoms with Crippen molar-refractivity contribution in [1.29, 1.82) is 0 Å². The third-order valence-corrected chi connectivity index (χ3v) is 3.34. The first-order chi connectivity index (χ1) is 8.79. The molecule has 1 aromatic rings. The van der Waals surface area contributed by atoms with E-state index in [1.807, 2.05) is 6.92 Å². The van der Waals surface area contributed by atoms with Crippen LogP contribution in [0.5, 0.6) is 0 Å². The number of methoxy groups -OCH3 is 1. The number of hydrogen-bond acceptors (Lipinski definition) is 4. The van der Waals surface area contributed by atoms with Crippen LogP contribution in [-0.4, -0.2) is 54.3 Å². The van der Waals surface area contributed by atoms with Crippen molar-refractivity contribution in [2.45, 2.75) is 26.3 Å². The van der Waals surface area contributed by atoms with Crippen LogP contribution in [0.15, 0.2) is 6.20 Å². The Morgan fingerprint density at radius 1 is 1.33 bits per heavy atom. The van der Waals surface area contributed by atoms with Gasteiger partial charge in [-0.05, 0) is 32.9 Å². The highest BCUT2D eigenvalue weighted by molar-refractivity contribution is 5.28. The number of anilines is 1. The summed E-state index contributed by atoms with van der Waals surface area (Å²) in [6.07, 6.45) is 4.81. The molecule has 2 heterocycles. The van der Waals surface area contributed by atoms with Gasteiger partial charge < -0.3 is 19.5 Å². The molecule has 1 N–H and O–H groups in total. The molecule has 0 bridgehead atoms. The summed E-state index contributed by atoms with van der Waals surface area (Å²) in [5, 5.41) is 3.32. The first-order valence-corrected chi connectivity index (χ1v) is 6.78. The van der Waals surface area contributed by atoms with E-state index in [0.717, 1.165) is 31.3 Å². The number of rotatable bonds is 7. The van der Waals surface area contributed by atoms with Gasteiger partial charge in [0.25, 0.3) is 0 Å². The Kier molecular flexibility index (Phi) is 5.01. The minimum absolute atomic E-state index is 0.706. The zero-order chi connectivity index (χ0) is 12.8. The molecule has 0 unspecified atom stereocenters. The molecule has 0 spiro atoms. The van der Waals surface area contributed by atoms with Crippen LogP contribution in [0.2, 0.25) is 0 Å². The molecule has 1 aliphatic rings. The minimum Gasteiger partial charge on any atom is -0.383 e. The summed E-state index contributed by atoms with van der Waals surface area (Å²) in [6.45, 7) is 8.17. The fraction of sp³-hybridized carbons (Fsp3) is 0.769. The van der Waals surface area contributed by atoms with E-state index in [1.165, 1.54) is 25.9 Å². The highest BCUT2D eigenvalue weighted by Gasteiger charge is 2.12. The van der Waals surface area contributed by atoms with Crippen molar-refractivity contribution in [3.8, 4) is 0 Å². The number of imidazole rings is 1. The van der Waals surface area contributed by atoms with Crippen LogP contribution in [0.4, 0.5) is 5.95 Å². The number of likely N-dealkylation sites (tertiary alicyclic amines) is 1. The third-order valence-electron chi connectivity index (χ3n) is 3.34. The Balaban J connectivity index is 1.85. The Bertz CT molecular complexity index is 358. The summed E-state index contributed by atoms with van der Waals surface area (Å²) >= 11 is 0. The second-order valence-corrected chi connectivity index (χ2v) is 4.87. The van der Waals surface area contributed by atoms with E-state index >= 15 is 0 Å². The molecule has 1 aliphatic heterocycles. The molecule has 0 amide bonds. The lowest BCUT2D eigenvalue weighted by Gasteiger charge is -2.16. The number of nitrogens with zero attached hydrogens (tertiary/aromatic N) is 3. The smallest absolute Gasteiger partial charge is 0.203 e. The van der Waals surface area contributed by atoms with E-state index < -0.39 is 0 Å². The zero-order valence-corrected chi connectivity index (χ0v) is 11.5. The van der Waals surface area contributed by atoms with E-state index in [4.69, 9.17) is 4.74 Å². The molecule has 0 aliphatic carbocycles. The molecule has 5 heteroatoms. The van der Waals surface area contributed by atoms with Gasteiger partial charge in [-0.3, -0.25) is 0 Å². The van der Waals surface area contributed by atoms with Crippen LogP contribution in [0.25, 0.3) is 0 Å². The fourth-order valence-electron chi connectivity index (χ4n) is 2.38. The van der Waals surface area contributed by atoms with Gasteiger partial charge in [0.15, 0.2) is 0 Å². The average Bonchev–Trinajstić information content (AvgIpc) is 2.97. The molecule has 102 valence electrons. The molecule has 0 aromatic carbocycles. The highest BCUT2D eigenvalue weighted by Crippen LogP contribution is 2.11. The van der Waals surface area contributed by atoms with Gasteiger partial charge >= 0.3 is 0 Å². The predicted molar refractivity (Wildman–Crippen MR) is 73.0 cm³/mol. The van der Waals surface area contributed by atoms with Crippen LogP contribution in [0.1, 0.15) is 18.5 Å². The summed E-state index contributed by atoms with van der Waals surface area (Å²) < 4.78 is 7.26. The number of aromatic nitrogens is 2. The number of ether oxygens (including phenoxy) is 1. The van der Waals surface area contributed by atoms with E-state index in [-0.39, 0.29) is 0 Å². The fourth-order valence-corrected chi connectivity index (χ4v) is 2.38. The van der Waals surface area contributed by atoms with Gasteiger partial charge in [-0.2, -0.15) is 0 Å². The molecule has 1 fully saturated rings. The lowest BCUT2D eigenvalue weighted by atomic mass is 10.4. The largest absolute Gasteiger partial charge is 0.383 e. The van der Waals surface area contributed by atoms with Gasteiger partial charge in [-0.15, -0.1) is 0 Å². The summed E-state index contributed by atoms with van der Waals surface area (Å²) in [5.74, 6) is 0.962. The van der Waals surface area contributed by atoms with Gasteiger partial charge in [0.05, 0.1) is 12.3 Å². The van der Waals surface area contributed by atoms with Crippen molar-refractivity contribution in [1.82, 2.24) is 14.5 Å². The van der Waals surface area contributed by atoms with Gasteiger partial charge in [0.2, 0.25) is 5.95 Å². The molecule has 18 heavy (non-hydrogen) atoms. The van der Waals surface area contributed by atoms with E-state index in [1.54, 1.807) is 7.11 Å². The maximum atomic E-state index is 5.04. The molecule has 0 atom stereocenters. The van der Waals surface area contributed by atoms with Crippen LogP contribution < -0.4 is 5.32 Å². The molecular formula is C13H24N4O. The second-order valence-electron chi connectivity index (χ2n) is 4.87. The summed E-state index contributed by atoms with van der Waals surface area (Å²) in [6, 6.07) is 0. The summed E-state index contributed by atoms with van der Waals surface area (Å²) in [4.78, 5) is 7.03. The van der Waals surface area contributed by atoms with Crippen LogP contribution in [0, 0.1) is 6.92 Å². The van der Waals surface area contributed by atoms with E-state index in [2.05, 4.69) is 26.0 Å². The SMILES string of the molecule is COCCNc1nc(C)cn1CCN1CCCC1. The molecule has 1 aromatic heterocycles. The normalized spacial score (nSPS) is 16.3. The summed E-state index contributed by atoms with van der Waals surface area (Å²) in [5.41, 5.74) is 1.07. The number of nitrogens with one attached hydrogen (secondary N) is 1. The second kappa shape index (κ2) is 6.75. The zero-order valence-electron chi connectivity index (χ0n) is 11.5. The standard InChI is InChI=1S/C13H24N4O/c1-12-11-17(9-8-16-6-3-4-7-16)13(15-12)14-5-10-18-2/h11H,3-10H2,1-2H3,(H,14,15). The van der Waals surface area contributed by atoms with Gasteiger partial charge in [-0.25, -0.2) is 4.98 Å². The lowest BCUT2D eigenvalue weighted by Crippen LogP contribution is -2.24. The quantitative estimate of drug-likeness (QED) is 0.744. The Labute approximate surface area is 109 Å². The maximum Gasteiger partial charge on any atom is 0.203 e.